The highest BCUT2D eigenvalue weighted by Crippen LogP contribution is 2.30. The predicted molar refractivity (Wildman–Crippen MR) is 88.5 cm³/mol. The molecule has 0 atom stereocenters. The van der Waals surface area contributed by atoms with Gasteiger partial charge in [-0.3, -0.25) is 10.1 Å². The molecule has 2 N–H and O–H groups in total. The van der Waals surface area contributed by atoms with Gasteiger partial charge in [-0.1, -0.05) is 6.07 Å². The highest BCUT2D eigenvalue weighted by atomic mass is 32.1. The third-order valence-electron chi connectivity index (χ3n) is 3.46. The molecular weight excluding hydrogens is 334 g/mol. The van der Waals surface area contributed by atoms with Gasteiger partial charge >= 0.3 is 5.97 Å². The normalized spacial score (nSPS) is 17.9. The van der Waals surface area contributed by atoms with Crippen LogP contribution in [0.4, 0.5) is 0 Å². The summed E-state index contributed by atoms with van der Waals surface area (Å²) in [5.41, 5.74) is 2.78. The van der Waals surface area contributed by atoms with Crippen LogP contribution in [0.2, 0.25) is 0 Å². The molecule has 2 aromatic rings. The number of carbonyl (C=O) groups is 2. The van der Waals surface area contributed by atoms with Crippen LogP contribution in [0.1, 0.15) is 20.8 Å². The van der Waals surface area contributed by atoms with E-state index in [-0.39, 0.29) is 11.9 Å². The average molecular weight is 343 g/mol. The van der Waals surface area contributed by atoms with Crippen molar-refractivity contribution in [1.29, 1.82) is 0 Å². The molecule has 0 aliphatic carbocycles. The van der Waals surface area contributed by atoms with Gasteiger partial charge in [-0.15, -0.1) is 11.3 Å². The standard InChI is InChI=1S/C15H9N3O3S2/c19-12-11(17-15(22)18-12)4-9-5-16-13(23-9)7-1-2-10-8(3-7)6-21-14(10)20/h1-5H,6H2,(H2,17,18,19,22). The maximum absolute atomic E-state index is 11.6. The smallest absolute Gasteiger partial charge is 0.338 e. The minimum atomic E-state index is -0.287. The minimum absolute atomic E-state index is 0.252. The van der Waals surface area contributed by atoms with E-state index in [1.165, 1.54) is 11.3 Å². The van der Waals surface area contributed by atoms with E-state index in [0.29, 0.717) is 23.0 Å². The summed E-state index contributed by atoms with van der Waals surface area (Å²) >= 11 is 6.34. The Labute approximate surface area is 140 Å². The number of thiocarbonyl (C=S) groups is 1. The number of hydrogen-bond acceptors (Lipinski definition) is 6. The summed E-state index contributed by atoms with van der Waals surface area (Å²) in [5, 5.41) is 6.41. The van der Waals surface area contributed by atoms with Gasteiger partial charge in [0.05, 0.1) is 5.56 Å². The topological polar surface area (TPSA) is 80.3 Å². The first-order valence-corrected chi connectivity index (χ1v) is 7.93. The number of thiazole rings is 1. The van der Waals surface area contributed by atoms with E-state index in [2.05, 4.69) is 15.6 Å². The number of carbonyl (C=O) groups excluding carboxylic acids is 2. The van der Waals surface area contributed by atoms with Crippen LogP contribution < -0.4 is 10.6 Å². The van der Waals surface area contributed by atoms with Crippen molar-refractivity contribution in [2.45, 2.75) is 6.61 Å². The van der Waals surface area contributed by atoms with E-state index in [1.54, 1.807) is 18.3 Å². The highest BCUT2D eigenvalue weighted by Gasteiger charge is 2.22. The lowest BCUT2D eigenvalue weighted by Gasteiger charge is -1.98. The summed E-state index contributed by atoms with van der Waals surface area (Å²) in [6.07, 6.45) is 3.40. The lowest BCUT2D eigenvalue weighted by molar-refractivity contribution is -0.115. The van der Waals surface area contributed by atoms with Gasteiger partial charge in [-0.2, -0.15) is 0 Å². The maximum Gasteiger partial charge on any atom is 0.338 e. The molecule has 0 saturated carbocycles. The number of nitrogens with one attached hydrogen (secondary N) is 2. The van der Waals surface area contributed by atoms with Gasteiger partial charge in [-0.25, -0.2) is 9.78 Å². The van der Waals surface area contributed by atoms with Crippen LogP contribution in [-0.4, -0.2) is 22.0 Å². The quantitative estimate of drug-likeness (QED) is 0.492. The van der Waals surface area contributed by atoms with Gasteiger partial charge in [0.1, 0.15) is 17.3 Å². The summed E-state index contributed by atoms with van der Waals surface area (Å²) < 4.78 is 5.00. The van der Waals surface area contributed by atoms with E-state index in [1.807, 2.05) is 12.1 Å². The Balaban J connectivity index is 1.64. The first kappa shape index (κ1) is 14.0. The number of benzene rings is 1. The number of esters is 1. The zero-order valence-corrected chi connectivity index (χ0v) is 13.2. The Morgan fingerprint density at radius 2 is 2.17 bits per heavy atom. The fourth-order valence-corrected chi connectivity index (χ4v) is 3.44. The molecule has 6 nitrogen and oxygen atoms in total. The van der Waals surface area contributed by atoms with E-state index < -0.39 is 0 Å². The molecule has 1 fully saturated rings. The molecule has 0 spiro atoms. The molecule has 1 saturated heterocycles. The predicted octanol–water partition coefficient (Wildman–Crippen LogP) is 1.83. The molecular formula is C15H9N3O3S2. The first-order valence-electron chi connectivity index (χ1n) is 6.70. The highest BCUT2D eigenvalue weighted by molar-refractivity contribution is 7.80. The van der Waals surface area contributed by atoms with Crippen molar-refractivity contribution in [3.05, 3.63) is 46.1 Å². The van der Waals surface area contributed by atoms with Crippen LogP contribution in [0.5, 0.6) is 0 Å². The largest absolute Gasteiger partial charge is 0.457 e. The van der Waals surface area contributed by atoms with Crippen molar-refractivity contribution in [2.75, 3.05) is 0 Å². The Morgan fingerprint density at radius 3 is 2.96 bits per heavy atom. The SMILES string of the molecule is O=C1NC(=S)NC1=Cc1cnc(-c2ccc3c(c2)COC3=O)s1. The van der Waals surface area contributed by atoms with Gasteiger partial charge in [0.25, 0.3) is 5.91 Å². The molecule has 8 heteroatoms. The molecule has 1 aromatic carbocycles. The second kappa shape index (κ2) is 5.25. The number of nitrogens with zero attached hydrogens (tertiary/aromatic N) is 1. The first-order chi connectivity index (χ1) is 11.1. The molecule has 1 amide bonds. The number of ether oxygens (including phenoxy) is 1. The van der Waals surface area contributed by atoms with Crippen molar-refractivity contribution in [3.8, 4) is 10.6 Å². The number of amides is 1. The lowest BCUT2D eigenvalue weighted by atomic mass is 10.1. The van der Waals surface area contributed by atoms with Crippen molar-refractivity contribution in [2.24, 2.45) is 0 Å². The average Bonchev–Trinajstić information content (AvgIpc) is 3.21. The number of aromatic nitrogens is 1. The fourth-order valence-electron chi connectivity index (χ4n) is 2.38. The van der Waals surface area contributed by atoms with Gasteiger partial charge in [0, 0.05) is 22.2 Å². The molecule has 2 aliphatic rings. The summed E-state index contributed by atoms with van der Waals surface area (Å²) in [6.45, 7) is 0.297. The number of cyclic esters (lactones) is 1. The van der Waals surface area contributed by atoms with Gasteiger partial charge in [0.15, 0.2) is 5.11 Å². The van der Waals surface area contributed by atoms with Gasteiger partial charge in [-0.05, 0) is 30.4 Å². The van der Waals surface area contributed by atoms with Gasteiger partial charge in [0.2, 0.25) is 0 Å². The Hall–Kier alpha value is -2.58. The third-order valence-corrected chi connectivity index (χ3v) is 4.66. The van der Waals surface area contributed by atoms with Gasteiger partial charge < -0.3 is 10.1 Å². The molecule has 0 radical (unpaired) electrons. The molecule has 1 aromatic heterocycles. The minimum Gasteiger partial charge on any atom is -0.457 e. The van der Waals surface area contributed by atoms with Crippen LogP contribution in [0, 0.1) is 0 Å². The van der Waals surface area contributed by atoms with Crippen LogP contribution in [0.25, 0.3) is 16.6 Å². The molecule has 0 unspecified atom stereocenters. The summed E-state index contributed by atoms with van der Waals surface area (Å²) in [6, 6.07) is 5.51. The van der Waals surface area contributed by atoms with E-state index in [9.17, 15) is 9.59 Å². The summed E-state index contributed by atoms with van der Waals surface area (Å²) in [7, 11) is 0. The Kier molecular flexibility index (Phi) is 3.21. The number of hydrogen-bond donors (Lipinski definition) is 2. The van der Waals surface area contributed by atoms with E-state index in [4.69, 9.17) is 17.0 Å². The maximum atomic E-state index is 11.6. The van der Waals surface area contributed by atoms with E-state index >= 15 is 0 Å². The molecule has 23 heavy (non-hydrogen) atoms. The third kappa shape index (κ3) is 2.51. The summed E-state index contributed by atoms with van der Waals surface area (Å²) in [5.74, 6) is -0.538. The van der Waals surface area contributed by atoms with Crippen LogP contribution >= 0.6 is 23.6 Å². The summed E-state index contributed by atoms with van der Waals surface area (Å²) in [4.78, 5) is 28.3. The van der Waals surface area contributed by atoms with Crippen molar-refractivity contribution >= 4 is 46.6 Å². The Bertz CT molecular complexity index is 901. The van der Waals surface area contributed by atoms with Crippen molar-refractivity contribution < 1.29 is 14.3 Å². The molecule has 2 aliphatic heterocycles. The van der Waals surface area contributed by atoms with Crippen LogP contribution in [-0.2, 0) is 16.1 Å². The monoisotopic (exact) mass is 343 g/mol. The Morgan fingerprint density at radius 1 is 1.30 bits per heavy atom. The molecule has 4 rings (SSSR count). The van der Waals surface area contributed by atoms with Crippen molar-refractivity contribution in [1.82, 2.24) is 15.6 Å². The van der Waals surface area contributed by atoms with Crippen LogP contribution in [0.3, 0.4) is 0 Å². The second-order valence-electron chi connectivity index (χ2n) is 4.98. The molecule has 0 bridgehead atoms. The fraction of sp³-hybridized carbons (Fsp3) is 0.0667. The lowest BCUT2D eigenvalue weighted by Crippen LogP contribution is -2.21. The number of fused-ring (bicyclic) bond motifs is 1. The molecule has 3 heterocycles. The molecule has 114 valence electrons. The zero-order valence-electron chi connectivity index (χ0n) is 11.6. The van der Waals surface area contributed by atoms with Crippen LogP contribution in [0.15, 0.2) is 30.1 Å². The zero-order chi connectivity index (χ0) is 16.0. The van der Waals surface area contributed by atoms with Crippen molar-refractivity contribution in [3.63, 3.8) is 0 Å². The number of rotatable bonds is 2. The van der Waals surface area contributed by atoms with E-state index in [0.717, 1.165) is 21.0 Å². The second-order valence-corrected chi connectivity index (χ2v) is 6.45.